The molecule has 0 spiro atoms. The van der Waals surface area contributed by atoms with Crippen molar-refractivity contribution in [1.29, 1.82) is 0 Å². The van der Waals surface area contributed by atoms with E-state index in [1.54, 1.807) is 61.5 Å². The minimum absolute atomic E-state index is 0.236. The van der Waals surface area contributed by atoms with E-state index in [1.165, 1.54) is 6.07 Å². The van der Waals surface area contributed by atoms with Gasteiger partial charge in [-0.25, -0.2) is 8.78 Å². The van der Waals surface area contributed by atoms with Crippen LogP contribution in [0.4, 0.5) is 14.5 Å². The van der Waals surface area contributed by atoms with Crippen molar-refractivity contribution < 1.29 is 18.4 Å². The molecule has 1 aliphatic rings. The normalized spacial score (nSPS) is 13.4. The molecule has 1 unspecified atom stereocenters. The number of aryl methyl sites for hydroxylation is 2. The summed E-state index contributed by atoms with van der Waals surface area (Å²) in [4.78, 5) is 27.1. The van der Waals surface area contributed by atoms with Crippen LogP contribution in [0.15, 0.2) is 78.9 Å². The highest BCUT2D eigenvalue weighted by molar-refractivity contribution is 6.00. The van der Waals surface area contributed by atoms with E-state index >= 15 is 4.39 Å². The average Bonchev–Trinajstić information content (AvgIpc) is 2.95. The van der Waals surface area contributed by atoms with Crippen molar-refractivity contribution in [2.45, 2.75) is 39.3 Å². The summed E-state index contributed by atoms with van der Waals surface area (Å²) in [5.41, 5.74) is 10.9. The molecule has 40 heavy (non-hydrogen) atoms. The molecule has 5 rings (SSSR count). The molecule has 0 saturated heterocycles. The number of rotatable bonds is 7. The van der Waals surface area contributed by atoms with E-state index in [0.717, 1.165) is 30.6 Å². The highest BCUT2D eigenvalue weighted by Gasteiger charge is 2.22. The first-order valence-electron chi connectivity index (χ1n) is 13.3. The van der Waals surface area contributed by atoms with Gasteiger partial charge in [-0.05, 0) is 79.3 Å². The van der Waals surface area contributed by atoms with Crippen molar-refractivity contribution >= 4 is 17.5 Å². The molecule has 0 aliphatic carbocycles. The second-order valence-electron chi connectivity index (χ2n) is 10.3. The molecule has 2 amide bonds. The van der Waals surface area contributed by atoms with Gasteiger partial charge in [0.25, 0.3) is 5.91 Å². The molecule has 1 aliphatic heterocycles. The van der Waals surface area contributed by atoms with Crippen molar-refractivity contribution in [2.75, 3.05) is 11.4 Å². The van der Waals surface area contributed by atoms with Crippen LogP contribution in [0.5, 0.6) is 0 Å². The predicted molar refractivity (Wildman–Crippen MR) is 153 cm³/mol. The highest BCUT2D eigenvalue weighted by Crippen LogP contribution is 2.33. The van der Waals surface area contributed by atoms with Crippen LogP contribution in [-0.4, -0.2) is 18.4 Å². The summed E-state index contributed by atoms with van der Waals surface area (Å²) < 4.78 is 29.8. The van der Waals surface area contributed by atoms with Crippen LogP contribution in [0.3, 0.4) is 0 Å². The third-order valence-electron chi connectivity index (χ3n) is 7.52. The van der Waals surface area contributed by atoms with E-state index in [9.17, 15) is 14.0 Å². The number of nitrogens with zero attached hydrogens (tertiary/aromatic N) is 1. The quantitative estimate of drug-likeness (QED) is 0.282. The Labute approximate surface area is 232 Å². The number of amides is 2. The minimum Gasteiger partial charge on any atom is -0.367 e. The van der Waals surface area contributed by atoms with Gasteiger partial charge in [-0.2, -0.15) is 0 Å². The maximum Gasteiger partial charge on any atom is 0.251 e. The van der Waals surface area contributed by atoms with Crippen LogP contribution < -0.4 is 16.0 Å². The lowest BCUT2D eigenvalue weighted by molar-refractivity contribution is 0.0938. The lowest BCUT2D eigenvalue weighted by Gasteiger charge is -2.32. The summed E-state index contributed by atoms with van der Waals surface area (Å²) in [5.74, 6) is -1.53. The van der Waals surface area contributed by atoms with Crippen LogP contribution >= 0.6 is 0 Å². The Balaban J connectivity index is 1.36. The molecule has 0 saturated carbocycles. The molecule has 4 aromatic carbocycles. The van der Waals surface area contributed by atoms with Crippen LogP contribution in [0.2, 0.25) is 0 Å². The van der Waals surface area contributed by atoms with Crippen LogP contribution in [-0.2, 0) is 13.0 Å². The van der Waals surface area contributed by atoms with Gasteiger partial charge in [0.1, 0.15) is 11.6 Å². The van der Waals surface area contributed by atoms with E-state index in [4.69, 9.17) is 5.73 Å². The Morgan fingerprint density at radius 2 is 1.75 bits per heavy atom. The fourth-order valence-corrected chi connectivity index (χ4v) is 5.27. The predicted octanol–water partition coefficient (Wildman–Crippen LogP) is 6.48. The highest BCUT2D eigenvalue weighted by atomic mass is 19.1. The molecule has 0 aromatic heterocycles. The summed E-state index contributed by atoms with van der Waals surface area (Å²) in [6, 6.07) is 22.1. The molecular formula is C33H31F2N3O2. The maximum absolute atomic E-state index is 15.8. The third kappa shape index (κ3) is 5.45. The zero-order valence-corrected chi connectivity index (χ0v) is 22.5. The SMILES string of the molecule is Cc1ccc(C(C)NC(=O)c2ccc3c(c2)CCCN3Cc2cccc(-c3ccccc3C(N)=O)c2F)cc1F. The summed E-state index contributed by atoms with van der Waals surface area (Å²) >= 11 is 0. The summed E-state index contributed by atoms with van der Waals surface area (Å²) in [5, 5.41) is 2.96. The van der Waals surface area contributed by atoms with E-state index in [1.807, 2.05) is 25.1 Å². The molecule has 0 fully saturated rings. The van der Waals surface area contributed by atoms with Gasteiger partial charge in [-0.3, -0.25) is 9.59 Å². The van der Waals surface area contributed by atoms with Gasteiger partial charge in [0, 0.05) is 41.0 Å². The number of benzene rings is 4. The van der Waals surface area contributed by atoms with Crippen molar-refractivity contribution in [3.8, 4) is 11.1 Å². The molecule has 4 aromatic rings. The standard InChI is InChI=1S/C33H31F2N3O2/c1-20-12-13-22(18-29(20)34)21(2)37-33(40)24-14-15-30-23(17-24)8-6-16-38(30)19-25-7-5-11-27(31(25)35)26-9-3-4-10-28(26)32(36)39/h3-5,7,9-15,17-18,21H,6,8,16,19H2,1-2H3,(H2,36,39)(H,37,40). The van der Waals surface area contributed by atoms with Gasteiger partial charge in [-0.15, -0.1) is 0 Å². The number of fused-ring (bicyclic) bond motifs is 1. The summed E-state index contributed by atoms with van der Waals surface area (Å²) in [6.45, 7) is 4.61. The van der Waals surface area contributed by atoms with Crippen molar-refractivity contribution in [1.82, 2.24) is 5.32 Å². The largest absolute Gasteiger partial charge is 0.367 e. The second-order valence-corrected chi connectivity index (χ2v) is 10.3. The zero-order valence-electron chi connectivity index (χ0n) is 22.5. The Morgan fingerprint density at radius 3 is 2.52 bits per heavy atom. The maximum atomic E-state index is 15.8. The lowest BCUT2D eigenvalue weighted by Crippen LogP contribution is -2.30. The number of nitrogens with two attached hydrogens (primary N) is 1. The summed E-state index contributed by atoms with van der Waals surface area (Å²) in [7, 11) is 0. The molecule has 1 heterocycles. The Bertz CT molecular complexity index is 1600. The van der Waals surface area contributed by atoms with Crippen LogP contribution in [0.1, 0.15) is 62.4 Å². The number of halogens is 2. The Hall–Kier alpha value is -4.52. The molecule has 204 valence electrons. The minimum atomic E-state index is -0.606. The average molecular weight is 540 g/mol. The number of carbonyl (C=O) groups excluding carboxylic acids is 2. The second kappa shape index (κ2) is 11.3. The van der Waals surface area contributed by atoms with Gasteiger partial charge in [-0.1, -0.05) is 48.5 Å². The van der Waals surface area contributed by atoms with Gasteiger partial charge >= 0.3 is 0 Å². The fraction of sp³-hybridized carbons (Fsp3) is 0.212. The molecule has 7 heteroatoms. The molecule has 5 nitrogen and oxygen atoms in total. The first kappa shape index (κ1) is 27.1. The van der Waals surface area contributed by atoms with E-state index in [0.29, 0.717) is 39.9 Å². The van der Waals surface area contributed by atoms with Gasteiger partial charge < -0.3 is 16.0 Å². The monoisotopic (exact) mass is 539 g/mol. The van der Waals surface area contributed by atoms with E-state index in [-0.39, 0.29) is 29.1 Å². The lowest BCUT2D eigenvalue weighted by atomic mass is 9.95. The fourth-order valence-electron chi connectivity index (χ4n) is 5.27. The number of hydrogen-bond donors (Lipinski definition) is 2. The number of nitrogens with one attached hydrogen (secondary N) is 1. The van der Waals surface area contributed by atoms with Gasteiger partial charge in [0.05, 0.1) is 6.04 Å². The van der Waals surface area contributed by atoms with E-state index < -0.39 is 5.91 Å². The topological polar surface area (TPSA) is 75.4 Å². The smallest absolute Gasteiger partial charge is 0.251 e. The van der Waals surface area contributed by atoms with E-state index in [2.05, 4.69) is 10.2 Å². The first-order chi connectivity index (χ1) is 19.2. The Morgan fingerprint density at radius 1 is 0.975 bits per heavy atom. The first-order valence-corrected chi connectivity index (χ1v) is 13.3. The van der Waals surface area contributed by atoms with Crippen LogP contribution in [0, 0.1) is 18.6 Å². The number of hydrogen-bond acceptors (Lipinski definition) is 3. The van der Waals surface area contributed by atoms with Crippen molar-refractivity contribution in [2.24, 2.45) is 5.73 Å². The molecule has 1 atom stereocenters. The van der Waals surface area contributed by atoms with Gasteiger partial charge in [0.2, 0.25) is 5.91 Å². The number of carbonyl (C=O) groups is 2. The molecule has 0 bridgehead atoms. The zero-order chi connectivity index (χ0) is 28.4. The molecular weight excluding hydrogens is 508 g/mol. The van der Waals surface area contributed by atoms with Crippen molar-refractivity contribution in [3.05, 3.63) is 124 Å². The number of anilines is 1. The molecule has 0 radical (unpaired) electrons. The third-order valence-corrected chi connectivity index (χ3v) is 7.52. The van der Waals surface area contributed by atoms with Crippen LogP contribution in [0.25, 0.3) is 11.1 Å². The molecule has 3 N–H and O–H groups in total. The number of primary amides is 1. The van der Waals surface area contributed by atoms with Gasteiger partial charge in [0.15, 0.2) is 0 Å². The Kier molecular flexibility index (Phi) is 7.65. The summed E-state index contributed by atoms with van der Waals surface area (Å²) in [6.07, 6.45) is 1.67. The van der Waals surface area contributed by atoms with Crippen molar-refractivity contribution in [3.63, 3.8) is 0 Å².